The quantitative estimate of drug-likeness (QED) is 0.793. The zero-order valence-corrected chi connectivity index (χ0v) is 14.3. The van der Waals surface area contributed by atoms with Crippen LogP contribution in [-0.2, 0) is 11.2 Å². The van der Waals surface area contributed by atoms with Gasteiger partial charge in [-0.1, -0.05) is 38.3 Å². The summed E-state index contributed by atoms with van der Waals surface area (Å²) in [6, 6.07) is 7.98. The second-order valence-electron chi connectivity index (χ2n) is 6.65. The van der Waals surface area contributed by atoms with Crippen LogP contribution in [0.4, 0.5) is 0 Å². The Morgan fingerprint density at radius 2 is 1.96 bits per heavy atom. The van der Waals surface area contributed by atoms with Gasteiger partial charge in [-0.25, -0.2) is 0 Å². The van der Waals surface area contributed by atoms with Crippen LogP contribution in [0.1, 0.15) is 44.6 Å². The number of aliphatic hydroxyl groups excluding tert-OH is 1. The van der Waals surface area contributed by atoms with E-state index >= 15 is 0 Å². The summed E-state index contributed by atoms with van der Waals surface area (Å²) in [5.41, 5.74) is 1.13. The fourth-order valence-electron chi connectivity index (χ4n) is 3.33. The molecule has 23 heavy (non-hydrogen) atoms. The molecule has 2 rings (SSSR count). The first-order valence-corrected chi connectivity index (χ1v) is 8.68. The van der Waals surface area contributed by atoms with E-state index in [2.05, 4.69) is 5.32 Å². The first kappa shape index (κ1) is 17.8. The van der Waals surface area contributed by atoms with Crippen LogP contribution in [0.2, 0.25) is 0 Å². The predicted octanol–water partition coefficient (Wildman–Crippen LogP) is 2.93. The smallest absolute Gasteiger partial charge is 0.223 e. The van der Waals surface area contributed by atoms with Crippen LogP contribution in [-0.4, -0.2) is 30.8 Å². The highest BCUT2D eigenvalue weighted by molar-refractivity contribution is 5.78. The van der Waals surface area contributed by atoms with E-state index in [0.717, 1.165) is 37.0 Å². The maximum atomic E-state index is 12.5. The first-order chi connectivity index (χ1) is 11.1. The van der Waals surface area contributed by atoms with Crippen LogP contribution in [0.15, 0.2) is 24.3 Å². The molecule has 0 saturated heterocycles. The van der Waals surface area contributed by atoms with Gasteiger partial charge in [0.15, 0.2) is 0 Å². The summed E-state index contributed by atoms with van der Waals surface area (Å²) in [6.07, 6.45) is 6.18. The molecule has 1 amide bonds. The van der Waals surface area contributed by atoms with E-state index < -0.39 is 0 Å². The summed E-state index contributed by atoms with van der Waals surface area (Å²) in [5, 5.41) is 12.7. The Morgan fingerprint density at radius 3 is 2.61 bits per heavy atom. The maximum absolute atomic E-state index is 12.5. The highest BCUT2D eigenvalue weighted by Crippen LogP contribution is 2.24. The second-order valence-corrected chi connectivity index (χ2v) is 6.65. The number of nitrogens with one attached hydrogen (secondary N) is 1. The molecule has 2 N–H and O–H groups in total. The van der Waals surface area contributed by atoms with Crippen LogP contribution in [0, 0.1) is 11.8 Å². The van der Waals surface area contributed by atoms with Crippen molar-refractivity contribution >= 4 is 5.91 Å². The minimum Gasteiger partial charge on any atom is -0.497 e. The van der Waals surface area contributed by atoms with Gasteiger partial charge >= 0.3 is 0 Å². The SMILES string of the molecule is COc1ccc(CC(C)C(=O)NC2CCCCCC2CO)cc1. The third-order valence-corrected chi connectivity index (χ3v) is 4.87. The fourth-order valence-corrected chi connectivity index (χ4v) is 3.33. The number of ether oxygens (including phenoxy) is 1. The first-order valence-electron chi connectivity index (χ1n) is 8.68. The third-order valence-electron chi connectivity index (χ3n) is 4.87. The number of carbonyl (C=O) groups excluding carboxylic acids is 1. The number of amides is 1. The number of hydrogen-bond acceptors (Lipinski definition) is 3. The summed E-state index contributed by atoms with van der Waals surface area (Å²) in [6.45, 7) is 2.13. The van der Waals surface area contributed by atoms with Gasteiger partial charge in [-0.3, -0.25) is 4.79 Å². The molecule has 1 aliphatic rings. The van der Waals surface area contributed by atoms with E-state index in [1.54, 1.807) is 7.11 Å². The molecule has 0 aromatic heterocycles. The van der Waals surface area contributed by atoms with Crippen LogP contribution < -0.4 is 10.1 Å². The Balaban J connectivity index is 1.90. The second kappa shape index (κ2) is 8.92. The summed E-state index contributed by atoms with van der Waals surface area (Å²) < 4.78 is 5.16. The van der Waals surface area contributed by atoms with Crippen molar-refractivity contribution in [1.82, 2.24) is 5.32 Å². The fraction of sp³-hybridized carbons (Fsp3) is 0.632. The van der Waals surface area contributed by atoms with Crippen molar-refractivity contribution < 1.29 is 14.6 Å². The number of methoxy groups -OCH3 is 1. The van der Waals surface area contributed by atoms with Crippen LogP contribution in [0.3, 0.4) is 0 Å². The molecule has 1 aromatic carbocycles. The van der Waals surface area contributed by atoms with E-state index in [1.807, 2.05) is 31.2 Å². The molecule has 0 spiro atoms. The molecular weight excluding hydrogens is 290 g/mol. The number of rotatable bonds is 6. The molecular formula is C19H29NO3. The number of hydrogen-bond donors (Lipinski definition) is 2. The summed E-state index contributed by atoms with van der Waals surface area (Å²) in [7, 11) is 1.65. The van der Waals surface area contributed by atoms with Crippen molar-refractivity contribution in [2.24, 2.45) is 11.8 Å². The van der Waals surface area contributed by atoms with Gasteiger partial charge in [0.25, 0.3) is 0 Å². The molecule has 128 valence electrons. The number of benzene rings is 1. The minimum atomic E-state index is -0.0778. The average molecular weight is 319 g/mol. The van der Waals surface area contributed by atoms with Gasteiger partial charge in [-0.05, 0) is 37.0 Å². The lowest BCUT2D eigenvalue weighted by atomic mass is 9.94. The molecule has 4 heteroatoms. The van der Waals surface area contributed by atoms with Crippen molar-refractivity contribution in [2.45, 2.75) is 51.5 Å². The Morgan fingerprint density at radius 1 is 1.26 bits per heavy atom. The molecule has 1 aromatic rings. The van der Waals surface area contributed by atoms with Crippen LogP contribution in [0.5, 0.6) is 5.75 Å². The van der Waals surface area contributed by atoms with Gasteiger partial charge in [0.1, 0.15) is 5.75 Å². The summed E-state index contributed by atoms with van der Waals surface area (Å²) in [5.74, 6) is 1.04. The van der Waals surface area contributed by atoms with E-state index in [9.17, 15) is 9.90 Å². The monoisotopic (exact) mass is 319 g/mol. The molecule has 1 saturated carbocycles. The molecule has 4 nitrogen and oxygen atoms in total. The summed E-state index contributed by atoms with van der Waals surface area (Å²) in [4.78, 5) is 12.5. The van der Waals surface area contributed by atoms with E-state index in [0.29, 0.717) is 6.42 Å². The Bertz CT molecular complexity index is 486. The van der Waals surface area contributed by atoms with Crippen LogP contribution >= 0.6 is 0 Å². The lowest BCUT2D eigenvalue weighted by Crippen LogP contribution is -2.43. The van der Waals surface area contributed by atoms with Gasteiger partial charge in [0.05, 0.1) is 7.11 Å². The van der Waals surface area contributed by atoms with Gasteiger partial charge in [-0.15, -0.1) is 0 Å². The minimum absolute atomic E-state index is 0.0778. The van der Waals surface area contributed by atoms with Gasteiger partial charge < -0.3 is 15.2 Å². The van der Waals surface area contributed by atoms with E-state index in [-0.39, 0.29) is 30.4 Å². The van der Waals surface area contributed by atoms with Crippen molar-refractivity contribution in [3.05, 3.63) is 29.8 Å². The average Bonchev–Trinajstić information content (AvgIpc) is 2.80. The molecule has 0 bridgehead atoms. The molecule has 1 fully saturated rings. The topological polar surface area (TPSA) is 58.6 Å². The van der Waals surface area contributed by atoms with Crippen molar-refractivity contribution in [2.75, 3.05) is 13.7 Å². The maximum Gasteiger partial charge on any atom is 0.223 e. The highest BCUT2D eigenvalue weighted by atomic mass is 16.5. The standard InChI is InChI=1S/C19H29NO3/c1-14(12-15-8-10-17(23-2)11-9-15)19(22)20-18-7-5-3-4-6-16(18)13-21/h8-11,14,16,18,21H,3-7,12-13H2,1-2H3,(H,20,22). The van der Waals surface area contributed by atoms with Gasteiger partial charge in [-0.2, -0.15) is 0 Å². The summed E-state index contributed by atoms with van der Waals surface area (Å²) >= 11 is 0. The highest BCUT2D eigenvalue weighted by Gasteiger charge is 2.26. The number of carbonyl (C=O) groups is 1. The zero-order chi connectivity index (χ0) is 16.7. The molecule has 1 aliphatic carbocycles. The largest absolute Gasteiger partial charge is 0.497 e. The lowest BCUT2D eigenvalue weighted by Gasteiger charge is -2.26. The Kier molecular flexibility index (Phi) is 6.90. The van der Waals surface area contributed by atoms with Gasteiger partial charge in [0, 0.05) is 24.5 Å². The van der Waals surface area contributed by atoms with E-state index in [4.69, 9.17) is 4.74 Å². The van der Waals surface area contributed by atoms with E-state index in [1.165, 1.54) is 6.42 Å². The lowest BCUT2D eigenvalue weighted by molar-refractivity contribution is -0.125. The zero-order valence-electron chi connectivity index (χ0n) is 14.3. The molecule has 0 radical (unpaired) electrons. The number of aliphatic hydroxyl groups is 1. The normalized spacial score (nSPS) is 22.9. The van der Waals surface area contributed by atoms with Crippen molar-refractivity contribution in [3.8, 4) is 5.75 Å². The predicted molar refractivity (Wildman–Crippen MR) is 91.5 cm³/mol. The molecule has 0 aliphatic heterocycles. The Hall–Kier alpha value is -1.55. The van der Waals surface area contributed by atoms with Crippen molar-refractivity contribution in [3.63, 3.8) is 0 Å². The van der Waals surface area contributed by atoms with Crippen LogP contribution in [0.25, 0.3) is 0 Å². The molecule has 3 unspecified atom stereocenters. The molecule has 3 atom stereocenters. The third kappa shape index (κ3) is 5.24. The van der Waals surface area contributed by atoms with Crippen molar-refractivity contribution in [1.29, 1.82) is 0 Å². The molecule has 0 heterocycles. The Labute approximate surface area is 139 Å². The van der Waals surface area contributed by atoms with Gasteiger partial charge in [0.2, 0.25) is 5.91 Å².